The van der Waals surface area contributed by atoms with Crippen molar-refractivity contribution in [3.8, 4) is 0 Å². The highest BCUT2D eigenvalue weighted by Crippen LogP contribution is 2.50. The zero-order chi connectivity index (χ0) is 14.9. The molecule has 0 heterocycles. The predicted octanol–water partition coefficient (Wildman–Crippen LogP) is 2.86. The molecule has 1 fully saturated rings. The van der Waals surface area contributed by atoms with Gasteiger partial charge in [0.2, 0.25) is 0 Å². The number of aromatic carboxylic acids is 1. The van der Waals surface area contributed by atoms with Gasteiger partial charge in [0.05, 0.1) is 11.3 Å². The molecule has 5 heteroatoms. The van der Waals surface area contributed by atoms with E-state index in [4.69, 9.17) is 0 Å². The Morgan fingerprint density at radius 3 is 2.60 bits per heavy atom. The summed E-state index contributed by atoms with van der Waals surface area (Å²) in [5, 5.41) is 14.6. The van der Waals surface area contributed by atoms with E-state index in [9.17, 15) is 14.7 Å². The van der Waals surface area contributed by atoms with Crippen molar-refractivity contribution in [2.45, 2.75) is 27.2 Å². The average molecular weight is 276 g/mol. The summed E-state index contributed by atoms with van der Waals surface area (Å²) >= 11 is 0. The van der Waals surface area contributed by atoms with E-state index in [0.717, 1.165) is 6.42 Å². The van der Waals surface area contributed by atoms with Crippen LogP contribution in [0.2, 0.25) is 0 Å². The summed E-state index contributed by atoms with van der Waals surface area (Å²) in [6, 6.07) is 4.67. The van der Waals surface area contributed by atoms with Crippen LogP contribution in [0.5, 0.6) is 0 Å². The first-order valence-electron chi connectivity index (χ1n) is 6.69. The van der Waals surface area contributed by atoms with Gasteiger partial charge in [-0.2, -0.15) is 0 Å². The third-order valence-corrected chi connectivity index (χ3v) is 3.96. The second-order valence-electron chi connectivity index (χ2n) is 6.03. The molecule has 0 aliphatic heterocycles. The van der Waals surface area contributed by atoms with Crippen LogP contribution in [0.25, 0.3) is 0 Å². The van der Waals surface area contributed by atoms with Gasteiger partial charge in [-0.1, -0.05) is 26.0 Å². The number of amides is 2. The fraction of sp³-hybridized carbons (Fsp3) is 0.467. The van der Waals surface area contributed by atoms with Crippen molar-refractivity contribution < 1.29 is 14.7 Å². The molecule has 1 saturated carbocycles. The summed E-state index contributed by atoms with van der Waals surface area (Å²) in [6.07, 6.45) is 1.11. The molecule has 0 radical (unpaired) electrons. The zero-order valence-electron chi connectivity index (χ0n) is 12.0. The fourth-order valence-electron chi connectivity index (χ4n) is 2.36. The Bertz CT molecular complexity index is 552. The van der Waals surface area contributed by atoms with Gasteiger partial charge in [-0.05, 0) is 36.3 Å². The third-order valence-electron chi connectivity index (χ3n) is 3.96. The number of hydrogen-bond donors (Lipinski definition) is 3. The highest BCUT2D eigenvalue weighted by Gasteiger charge is 2.45. The predicted molar refractivity (Wildman–Crippen MR) is 77.0 cm³/mol. The Hall–Kier alpha value is -2.04. The zero-order valence-corrected chi connectivity index (χ0v) is 12.0. The highest BCUT2D eigenvalue weighted by atomic mass is 16.4. The Morgan fingerprint density at radius 1 is 1.40 bits per heavy atom. The summed E-state index contributed by atoms with van der Waals surface area (Å²) in [7, 11) is 0. The van der Waals surface area contributed by atoms with Crippen molar-refractivity contribution in [1.29, 1.82) is 0 Å². The summed E-state index contributed by atoms with van der Waals surface area (Å²) in [6.45, 7) is 6.66. The molecule has 2 amide bonds. The molecule has 1 aromatic carbocycles. The molecule has 108 valence electrons. The summed E-state index contributed by atoms with van der Waals surface area (Å²) in [4.78, 5) is 23.0. The standard InChI is InChI=1S/C15H20N2O3/c1-9-5-4-6-11(12(9)13(18)19)17-14(20)16-8-10-7-15(10,2)3/h4-6,10H,7-8H2,1-3H3,(H,18,19)(H2,16,17,20). The van der Waals surface area contributed by atoms with Crippen LogP contribution < -0.4 is 10.6 Å². The van der Waals surface area contributed by atoms with E-state index in [2.05, 4.69) is 24.5 Å². The van der Waals surface area contributed by atoms with Gasteiger partial charge in [0.15, 0.2) is 0 Å². The van der Waals surface area contributed by atoms with Gasteiger partial charge in [-0.15, -0.1) is 0 Å². The number of carbonyl (C=O) groups is 2. The van der Waals surface area contributed by atoms with Gasteiger partial charge in [0.1, 0.15) is 0 Å². The summed E-state index contributed by atoms with van der Waals surface area (Å²) < 4.78 is 0. The van der Waals surface area contributed by atoms with Gasteiger partial charge in [0.25, 0.3) is 0 Å². The number of carboxylic acids is 1. The molecule has 1 aromatic rings. The molecule has 0 spiro atoms. The molecule has 5 nitrogen and oxygen atoms in total. The Labute approximate surface area is 118 Å². The molecule has 1 aliphatic carbocycles. The lowest BCUT2D eigenvalue weighted by Gasteiger charge is -2.12. The van der Waals surface area contributed by atoms with Crippen molar-refractivity contribution in [3.63, 3.8) is 0 Å². The number of benzene rings is 1. The molecule has 20 heavy (non-hydrogen) atoms. The largest absolute Gasteiger partial charge is 0.478 e. The molecular weight excluding hydrogens is 256 g/mol. The first kappa shape index (κ1) is 14.4. The number of carbonyl (C=O) groups excluding carboxylic acids is 1. The SMILES string of the molecule is Cc1cccc(NC(=O)NCC2CC2(C)C)c1C(=O)O. The lowest BCUT2D eigenvalue weighted by molar-refractivity contribution is 0.0697. The van der Waals surface area contributed by atoms with Gasteiger partial charge >= 0.3 is 12.0 Å². The quantitative estimate of drug-likeness (QED) is 0.791. The molecular formula is C15H20N2O3. The van der Waals surface area contributed by atoms with E-state index in [1.165, 1.54) is 0 Å². The van der Waals surface area contributed by atoms with Crippen LogP contribution in [-0.2, 0) is 0 Å². The van der Waals surface area contributed by atoms with Crippen LogP contribution in [-0.4, -0.2) is 23.7 Å². The second-order valence-corrected chi connectivity index (χ2v) is 6.03. The lowest BCUT2D eigenvalue weighted by atomic mass is 10.1. The van der Waals surface area contributed by atoms with E-state index in [1.807, 2.05) is 0 Å². The first-order valence-corrected chi connectivity index (χ1v) is 6.69. The van der Waals surface area contributed by atoms with Crippen molar-refractivity contribution >= 4 is 17.7 Å². The monoisotopic (exact) mass is 276 g/mol. The van der Waals surface area contributed by atoms with Crippen LogP contribution in [0.4, 0.5) is 10.5 Å². The summed E-state index contributed by atoms with van der Waals surface area (Å²) in [5.74, 6) is -0.536. The maximum atomic E-state index is 11.8. The minimum Gasteiger partial charge on any atom is -0.478 e. The maximum absolute atomic E-state index is 11.8. The lowest BCUT2D eigenvalue weighted by Crippen LogP contribution is -2.31. The molecule has 0 aromatic heterocycles. The topological polar surface area (TPSA) is 78.4 Å². The van der Waals surface area contributed by atoms with E-state index in [1.54, 1.807) is 25.1 Å². The first-order chi connectivity index (χ1) is 9.31. The Morgan fingerprint density at radius 2 is 2.05 bits per heavy atom. The Balaban J connectivity index is 1.98. The molecule has 0 bridgehead atoms. The number of aryl methyl sites for hydroxylation is 1. The third kappa shape index (κ3) is 3.10. The fourth-order valence-corrected chi connectivity index (χ4v) is 2.36. The van der Waals surface area contributed by atoms with Crippen molar-refractivity contribution in [1.82, 2.24) is 5.32 Å². The van der Waals surface area contributed by atoms with Crippen LogP contribution in [0.3, 0.4) is 0 Å². The van der Waals surface area contributed by atoms with E-state index < -0.39 is 5.97 Å². The minimum atomic E-state index is -1.04. The number of carboxylic acid groups (broad SMARTS) is 1. The van der Waals surface area contributed by atoms with Gasteiger partial charge in [-0.25, -0.2) is 9.59 Å². The highest BCUT2D eigenvalue weighted by molar-refractivity contribution is 6.01. The van der Waals surface area contributed by atoms with Crippen LogP contribution in [0.1, 0.15) is 36.2 Å². The Kier molecular flexibility index (Phi) is 3.70. The molecule has 3 N–H and O–H groups in total. The van der Waals surface area contributed by atoms with Crippen LogP contribution in [0.15, 0.2) is 18.2 Å². The molecule has 1 unspecified atom stereocenters. The van der Waals surface area contributed by atoms with E-state index in [0.29, 0.717) is 29.1 Å². The molecule has 1 aliphatic rings. The van der Waals surface area contributed by atoms with Gasteiger partial charge in [-0.3, -0.25) is 0 Å². The van der Waals surface area contributed by atoms with E-state index in [-0.39, 0.29) is 11.6 Å². The summed E-state index contributed by atoms with van der Waals surface area (Å²) in [5.41, 5.74) is 1.39. The number of anilines is 1. The number of rotatable bonds is 4. The smallest absolute Gasteiger partial charge is 0.338 e. The second kappa shape index (κ2) is 5.15. The van der Waals surface area contributed by atoms with E-state index >= 15 is 0 Å². The van der Waals surface area contributed by atoms with Gasteiger partial charge in [0, 0.05) is 6.54 Å². The normalized spacial score (nSPS) is 19.2. The number of hydrogen-bond acceptors (Lipinski definition) is 2. The van der Waals surface area contributed by atoms with Crippen LogP contribution in [0, 0.1) is 18.3 Å². The number of nitrogens with one attached hydrogen (secondary N) is 2. The van der Waals surface area contributed by atoms with Gasteiger partial charge < -0.3 is 15.7 Å². The number of urea groups is 1. The van der Waals surface area contributed by atoms with Crippen molar-refractivity contribution in [2.24, 2.45) is 11.3 Å². The molecule has 0 saturated heterocycles. The molecule has 1 atom stereocenters. The maximum Gasteiger partial charge on any atom is 0.338 e. The van der Waals surface area contributed by atoms with Crippen molar-refractivity contribution in [3.05, 3.63) is 29.3 Å². The van der Waals surface area contributed by atoms with Crippen LogP contribution >= 0.6 is 0 Å². The molecule has 2 rings (SSSR count). The minimum absolute atomic E-state index is 0.134. The average Bonchev–Trinajstić information content (AvgIpc) is 2.94. The van der Waals surface area contributed by atoms with Crippen molar-refractivity contribution in [2.75, 3.05) is 11.9 Å².